The molecule has 1 atom stereocenters. The lowest BCUT2D eigenvalue weighted by Crippen LogP contribution is -2.43. The highest BCUT2D eigenvalue weighted by Crippen LogP contribution is 2.31. The maximum Gasteiger partial charge on any atom is 0.252 e. The quantitative estimate of drug-likeness (QED) is 0.792. The van der Waals surface area contributed by atoms with E-state index in [4.69, 9.17) is 5.26 Å². The van der Waals surface area contributed by atoms with E-state index in [1.807, 2.05) is 36.4 Å². The summed E-state index contributed by atoms with van der Waals surface area (Å²) >= 11 is 0. The van der Waals surface area contributed by atoms with Gasteiger partial charge < -0.3 is 4.90 Å². The van der Waals surface area contributed by atoms with Crippen molar-refractivity contribution < 1.29 is 9.59 Å². The SMILES string of the molecule is N#C[C@H]1C(=O)c2ccccc2N(Cc2ccccc2)C1=O. The lowest BCUT2D eigenvalue weighted by atomic mass is 9.91. The zero-order chi connectivity index (χ0) is 14.8. The van der Waals surface area contributed by atoms with Crippen molar-refractivity contribution in [3.63, 3.8) is 0 Å². The summed E-state index contributed by atoms with van der Waals surface area (Å²) in [7, 11) is 0. The Morgan fingerprint density at radius 1 is 1.00 bits per heavy atom. The Labute approximate surface area is 122 Å². The van der Waals surface area contributed by atoms with Crippen molar-refractivity contribution in [1.82, 2.24) is 0 Å². The highest BCUT2D eigenvalue weighted by Gasteiger charge is 2.39. The van der Waals surface area contributed by atoms with Gasteiger partial charge in [-0.1, -0.05) is 42.5 Å². The Morgan fingerprint density at radius 2 is 1.67 bits per heavy atom. The number of hydrogen-bond donors (Lipinski definition) is 0. The number of fused-ring (bicyclic) bond motifs is 1. The maximum atomic E-state index is 12.4. The fourth-order valence-electron chi connectivity index (χ4n) is 2.50. The number of carbonyl (C=O) groups is 2. The van der Waals surface area contributed by atoms with Gasteiger partial charge in [-0.15, -0.1) is 0 Å². The molecule has 0 saturated heterocycles. The van der Waals surface area contributed by atoms with Gasteiger partial charge in [0.05, 0.1) is 18.3 Å². The third kappa shape index (κ3) is 2.19. The molecule has 1 amide bonds. The summed E-state index contributed by atoms with van der Waals surface area (Å²) < 4.78 is 0. The molecule has 0 unspecified atom stereocenters. The van der Waals surface area contributed by atoms with Gasteiger partial charge in [-0.3, -0.25) is 9.59 Å². The van der Waals surface area contributed by atoms with E-state index in [9.17, 15) is 9.59 Å². The van der Waals surface area contributed by atoms with Gasteiger partial charge in [0.15, 0.2) is 11.7 Å². The second kappa shape index (κ2) is 5.22. The number of benzene rings is 2. The molecule has 1 aliphatic rings. The molecule has 0 radical (unpaired) electrons. The molecule has 102 valence electrons. The molecular weight excluding hydrogens is 264 g/mol. The highest BCUT2D eigenvalue weighted by atomic mass is 16.2. The third-order valence-electron chi connectivity index (χ3n) is 3.55. The Balaban J connectivity index is 2.06. The smallest absolute Gasteiger partial charge is 0.252 e. The predicted molar refractivity (Wildman–Crippen MR) is 77.5 cm³/mol. The van der Waals surface area contributed by atoms with Gasteiger partial charge in [0.1, 0.15) is 0 Å². The van der Waals surface area contributed by atoms with Gasteiger partial charge in [0.25, 0.3) is 5.91 Å². The zero-order valence-electron chi connectivity index (χ0n) is 11.2. The minimum atomic E-state index is -1.25. The summed E-state index contributed by atoms with van der Waals surface area (Å²) in [5.74, 6) is -2.11. The normalized spacial score (nSPS) is 17.3. The molecule has 3 rings (SSSR count). The van der Waals surface area contributed by atoms with Crippen molar-refractivity contribution in [2.75, 3.05) is 4.90 Å². The molecule has 4 nitrogen and oxygen atoms in total. The van der Waals surface area contributed by atoms with E-state index in [1.54, 1.807) is 24.3 Å². The fraction of sp³-hybridized carbons (Fsp3) is 0.118. The van der Waals surface area contributed by atoms with E-state index in [0.717, 1.165) is 5.56 Å². The Hall–Kier alpha value is -2.93. The predicted octanol–water partition coefficient (Wildman–Crippen LogP) is 2.56. The summed E-state index contributed by atoms with van der Waals surface area (Å²) in [6.07, 6.45) is 0. The molecule has 0 spiro atoms. The Kier molecular flexibility index (Phi) is 3.25. The molecule has 0 saturated carbocycles. The summed E-state index contributed by atoms with van der Waals surface area (Å²) in [6.45, 7) is 0.349. The van der Waals surface area contributed by atoms with Crippen LogP contribution in [0.25, 0.3) is 0 Å². The molecule has 2 aromatic carbocycles. The number of amides is 1. The summed E-state index contributed by atoms with van der Waals surface area (Å²) in [4.78, 5) is 26.1. The van der Waals surface area contributed by atoms with Crippen molar-refractivity contribution in [3.05, 3.63) is 65.7 Å². The molecule has 1 heterocycles. The van der Waals surface area contributed by atoms with Crippen molar-refractivity contribution in [1.29, 1.82) is 5.26 Å². The summed E-state index contributed by atoms with van der Waals surface area (Å²) in [5.41, 5.74) is 1.95. The van der Waals surface area contributed by atoms with Crippen molar-refractivity contribution in [2.45, 2.75) is 6.54 Å². The molecule has 1 aliphatic heterocycles. The van der Waals surface area contributed by atoms with E-state index in [1.165, 1.54) is 4.90 Å². The highest BCUT2D eigenvalue weighted by molar-refractivity contribution is 6.23. The number of Topliss-reactive ketones (excluding diaryl/α,β-unsaturated/α-hetero) is 1. The largest absolute Gasteiger partial charge is 0.306 e. The van der Waals surface area contributed by atoms with Crippen molar-refractivity contribution >= 4 is 17.4 Å². The second-order valence-electron chi connectivity index (χ2n) is 4.85. The minimum Gasteiger partial charge on any atom is -0.306 e. The molecule has 21 heavy (non-hydrogen) atoms. The van der Waals surface area contributed by atoms with Crippen LogP contribution in [0.15, 0.2) is 54.6 Å². The average molecular weight is 276 g/mol. The molecule has 0 N–H and O–H groups in total. The number of nitriles is 1. The lowest BCUT2D eigenvalue weighted by Gasteiger charge is -2.30. The first-order valence-electron chi connectivity index (χ1n) is 6.60. The van der Waals surface area contributed by atoms with Gasteiger partial charge in [0.2, 0.25) is 0 Å². The van der Waals surface area contributed by atoms with E-state index in [0.29, 0.717) is 17.8 Å². The molecule has 4 heteroatoms. The maximum absolute atomic E-state index is 12.4. The number of carbonyl (C=O) groups excluding carboxylic acids is 2. The van der Waals surface area contributed by atoms with Crippen LogP contribution in [0.2, 0.25) is 0 Å². The minimum absolute atomic E-state index is 0.349. The van der Waals surface area contributed by atoms with E-state index < -0.39 is 17.6 Å². The monoisotopic (exact) mass is 276 g/mol. The van der Waals surface area contributed by atoms with Gasteiger partial charge in [-0.05, 0) is 17.7 Å². The van der Waals surface area contributed by atoms with Crippen LogP contribution in [0, 0.1) is 17.2 Å². The van der Waals surface area contributed by atoms with Crippen LogP contribution in [-0.2, 0) is 11.3 Å². The summed E-state index contributed by atoms with van der Waals surface area (Å²) in [5, 5.41) is 9.12. The number of hydrogen-bond acceptors (Lipinski definition) is 3. The molecule has 0 fully saturated rings. The number of anilines is 1. The van der Waals surface area contributed by atoms with Crippen molar-refractivity contribution in [2.24, 2.45) is 5.92 Å². The van der Waals surface area contributed by atoms with E-state index in [-0.39, 0.29) is 0 Å². The first-order chi connectivity index (χ1) is 10.2. The fourth-order valence-corrected chi connectivity index (χ4v) is 2.50. The first kappa shape index (κ1) is 13.1. The number of ketones is 1. The van der Waals surface area contributed by atoms with Crippen LogP contribution in [0.1, 0.15) is 15.9 Å². The van der Waals surface area contributed by atoms with E-state index in [2.05, 4.69) is 0 Å². The van der Waals surface area contributed by atoms with Crippen LogP contribution in [0.4, 0.5) is 5.69 Å². The zero-order valence-corrected chi connectivity index (χ0v) is 11.2. The van der Waals surface area contributed by atoms with Crippen LogP contribution in [0.3, 0.4) is 0 Å². The van der Waals surface area contributed by atoms with E-state index >= 15 is 0 Å². The molecule has 0 aromatic heterocycles. The Morgan fingerprint density at radius 3 is 2.38 bits per heavy atom. The van der Waals surface area contributed by atoms with Gasteiger partial charge in [-0.25, -0.2) is 0 Å². The number of nitrogens with zero attached hydrogens (tertiary/aromatic N) is 2. The third-order valence-corrected chi connectivity index (χ3v) is 3.55. The summed E-state index contributed by atoms with van der Waals surface area (Å²) in [6, 6.07) is 18.2. The molecule has 0 aliphatic carbocycles. The van der Waals surface area contributed by atoms with Crippen LogP contribution >= 0.6 is 0 Å². The van der Waals surface area contributed by atoms with Crippen LogP contribution < -0.4 is 4.90 Å². The standard InChI is InChI=1S/C17H12N2O2/c18-10-14-16(20)13-8-4-5-9-15(13)19(17(14)21)11-12-6-2-1-3-7-12/h1-9,14H,11H2/t14-/m0/s1. The van der Waals surface area contributed by atoms with Gasteiger partial charge >= 0.3 is 0 Å². The van der Waals surface area contributed by atoms with Gasteiger partial charge in [-0.2, -0.15) is 5.26 Å². The second-order valence-corrected chi connectivity index (χ2v) is 4.85. The van der Waals surface area contributed by atoms with Crippen LogP contribution in [0.5, 0.6) is 0 Å². The van der Waals surface area contributed by atoms with Crippen molar-refractivity contribution in [3.8, 4) is 6.07 Å². The number of rotatable bonds is 2. The average Bonchev–Trinajstić information content (AvgIpc) is 2.53. The first-order valence-corrected chi connectivity index (χ1v) is 6.60. The van der Waals surface area contributed by atoms with Gasteiger partial charge in [0, 0.05) is 5.56 Å². The van der Waals surface area contributed by atoms with Crippen LogP contribution in [-0.4, -0.2) is 11.7 Å². The molecule has 0 bridgehead atoms. The molecule has 2 aromatic rings. The Bertz CT molecular complexity index is 747. The lowest BCUT2D eigenvalue weighted by molar-refractivity contribution is -0.120. The topological polar surface area (TPSA) is 61.2 Å². The molecular formula is C17H12N2O2. The number of para-hydroxylation sites is 1.